The molecule has 7 aromatic rings. The van der Waals surface area contributed by atoms with E-state index in [2.05, 4.69) is 0 Å². The van der Waals surface area contributed by atoms with Gasteiger partial charge in [-0.15, -0.1) is 0 Å². The van der Waals surface area contributed by atoms with Crippen LogP contribution in [0.1, 0.15) is 0 Å². The Morgan fingerprint density at radius 2 is 0.492 bits per heavy atom. The van der Waals surface area contributed by atoms with Crippen molar-refractivity contribution in [3.63, 3.8) is 0 Å². The topological polar surface area (TPSA) is 367 Å². The number of rotatable bonds is 7. The van der Waals surface area contributed by atoms with Gasteiger partial charge in [-0.2, -0.15) is 0 Å². The smallest absolute Gasteiger partial charge is 0.208 e. The third kappa shape index (κ3) is 5.92. The van der Waals surface area contributed by atoms with E-state index in [1.165, 1.54) is 24.3 Å². The fourth-order valence-electron chi connectivity index (χ4n) is 6.79. The molecule has 0 amide bonds. The Morgan fingerprint density at radius 3 is 0.820 bits per heavy atom. The predicted octanol–water partition coefficient (Wildman–Crippen LogP) is 6.53. The summed E-state index contributed by atoms with van der Waals surface area (Å²) in [6.07, 6.45) is 0. The molecule has 0 heterocycles. The summed E-state index contributed by atoms with van der Waals surface area (Å²) in [5.41, 5.74) is -4.93. The van der Waals surface area contributed by atoms with Crippen LogP contribution in [0.5, 0.6) is 103 Å². The predicted molar refractivity (Wildman–Crippen MR) is 213 cm³/mol. The van der Waals surface area contributed by atoms with E-state index >= 15 is 0 Å². The van der Waals surface area contributed by atoms with Crippen LogP contribution in [0.2, 0.25) is 0 Å². The summed E-state index contributed by atoms with van der Waals surface area (Å²) in [5, 5.41) is 194. The lowest BCUT2D eigenvalue weighted by Crippen LogP contribution is -2.12. The highest BCUT2D eigenvalue weighted by molar-refractivity contribution is 6.03. The molecule has 19 heteroatoms. The molecule has 0 aliphatic rings. The zero-order valence-corrected chi connectivity index (χ0v) is 30.5. The van der Waals surface area contributed by atoms with Gasteiger partial charge in [-0.05, 0) is 40.5 Å². The lowest BCUT2D eigenvalue weighted by atomic mass is 9.95. The SMILES string of the molecule is Oc1c(O)c(O)c(-c2c(O)c(O)c(N(c3ccc(-c4cccc(-c5ccccc5)c4)cc3)c3c(O)c(O)c(-c4c(O)c(O)c(O)c(O)c4O)c(O)c3O)c(O)c2O)c(O)c1O. The van der Waals surface area contributed by atoms with Crippen molar-refractivity contribution in [3.8, 4) is 148 Å². The first kappa shape index (κ1) is 40.0. The average molecular weight is 838 g/mol. The van der Waals surface area contributed by atoms with Gasteiger partial charge in [0.2, 0.25) is 34.5 Å². The molecule has 0 aromatic heterocycles. The van der Waals surface area contributed by atoms with E-state index in [0.29, 0.717) is 16.0 Å². The molecule has 312 valence electrons. The minimum Gasteiger partial charge on any atom is -0.504 e. The Labute approximate surface area is 340 Å². The van der Waals surface area contributed by atoms with Gasteiger partial charge >= 0.3 is 0 Å². The van der Waals surface area contributed by atoms with Crippen molar-refractivity contribution >= 4 is 17.1 Å². The van der Waals surface area contributed by atoms with Crippen LogP contribution in [0, 0.1) is 0 Å². The first-order valence-corrected chi connectivity index (χ1v) is 17.2. The number of benzene rings is 7. The summed E-state index contributed by atoms with van der Waals surface area (Å²) in [4.78, 5) is 0.447. The quantitative estimate of drug-likeness (QED) is 0.0599. The minimum absolute atomic E-state index is 0.339. The normalized spacial score (nSPS) is 11.1. The summed E-state index contributed by atoms with van der Waals surface area (Å²) in [6.45, 7) is 0. The maximum absolute atomic E-state index is 11.6. The second kappa shape index (κ2) is 14.3. The van der Waals surface area contributed by atoms with E-state index in [4.69, 9.17) is 0 Å². The van der Waals surface area contributed by atoms with Gasteiger partial charge in [-0.25, -0.2) is 0 Å². The fraction of sp³-hybridized carbons (Fsp3) is 0. The van der Waals surface area contributed by atoms with E-state index in [9.17, 15) is 91.9 Å². The minimum atomic E-state index is -1.56. The Morgan fingerprint density at radius 1 is 0.230 bits per heavy atom. The van der Waals surface area contributed by atoms with Gasteiger partial charge in [-0.1, -0.05) is 60.7 Å². The van der Waals surface area contributed by atoms with Crippen LogP contribution in [0.25, 0.3) is 44.5 Å². The van der Waals surface area contributed by atoms with Crippen LogP contribution in [0.4, 0.5) is 17.1 Å². The number of phenols is 18. The molecule has 0 fully saturated rings. The maximum atomic E-state index is 11.6. The molecule has 0 unspecified atom stereocenters. The van der Waals surface area contributed by atoms with Gasteiger partial charge in [0, 0.05) is 5.69 Å². The van der Waals surface area contributed by atoms with E-state index in [1.54, 1.807) is 12.1 Å². The molecule has 0 aliphatic heterocycles. The highest BCUT2D eigenvalue weighted by Gasteiger charge is 2.39. The van der Waals surface area contributed by atoms with Crippen molar-refractivity contribution in [2.45, 2.75) is 0 Å². The number of hydrogen-bond donors (Lipinski definition) is 18. The van der Waals surface area contributed by atoms with Crippen LogP contribution in [0.3, 0.4) is 0 Å². The summed E-state index contributed by atoms with van der Waals surface area (Å²) in [6, 6.07) is 21.9. The Hall–Kier alpha value is -9.26. The molecular weight excluding hydrogens is 806 g/mol. The zero-order chi connectivity index (χ0) is 44.5. The van der Waals surface area contributed by atoms with Crippen LogP contribution >= 0.6 is 0 Å². The van der Waals surface area contributed by atoms with Crippen LogP contribution in [0.15, 0.2) is 78.9 Å². The Bertz CT molecular complexity index is 2700. The van der Waals surface area contributed by atoms with Crippen LogP contribution in [-0.2, 0) is 0 Å². The summed E-state index contributed by atoms with van der Waals surface area (Å²) in [5.74, 6) is -27.2. The fourth-order valence-corrected chi connectivity index (χ4v) is 6.79. The average Bonchev–Trinajstić information content (AvgIpc) is 3.27. The van der Waals surface area contributed by atoms with Crippen LogP contribution in [-0.4, -0.2) is 91.9 Å². The molecule has 0 saturated carbocycles. The third-order valence-electron chi connectivity index (χ3n) is 9.86. The lowest BCUT2D eigenvalue weighted by Gasteiger charge is -2.30. The Balaban J connectivity index is 1.51. The summed E-state index contributed by atoms with van der Waals surface area (Å²) in [7, 11) is 0. The van der Waals surface area contributed by atoms with Crippen molar-refractivity contribution in [3.05, 3.63) is 78.9 Å². The molecule has 0 bridgehead atoms. The molecular formula is C42H31NO18. The summed E-state index contributed by atoms with van der Waals surface area (Å²) < 4.78 is 0. The molecule has 7 aromatic carbocycles. The second-order valence-electron chi connectivity index (χ2n) is 13.3. The summed E-state index contributed by atoms with van der Waals surface area (Å²) >= 11 is 0. The molecule has 19 nitrogen and oxygen atoms in total. The number of anilines is 3. The van der Waals surface area contributed by atoms with Crippen molar-refractivity contribution in [2.24, 2.45) is 0 Å². The first-order chi connectivity index (χ1) is 28.8. The standard InChI is InChI=1S/C42H31NO18/c44-25-19(21-29(48)37(56)41(60)38(57)30(21)49)26(45)34(53)23(33(25)52)43(18-11-9-15(10-12-18)17-8-4-7-16(13-17)14-5-2-1-3-6-14)24-35(54)27(46)20(28(47)36(24)55)22-31(50)39(58)42(61)40(59)32(22)51/h1-13,44-61H. The molecule has 61 heavy (non-hydrogen) atoms. The van der Waals surface area contributed by atoms with E-state index in [-0.39, 0.29) is 5.69 Å². The number of hydrogen-bond acceptors (Lipinski definition) is 19. The van der Waals surface area contributed by atoms with E-state index in [1.807, 2.05) is 42.5 Å². The van der Waals surface area contributed by atoms with Gasteiger partial charge in [0.1, 0.15) is 11.4 Å². The number of nitrogens with zero attached hydrogens (tertiary/aromatic N) is 1. The number of aromatic hydroxyl groups is 18. The molecule has 18 N–H and O–H groups in total. The third-order valence-corrected chi connectivity index (χ3v) is 9.86. The second-order valence-corrected chi connectivity index (χ2v) is 13.3. The van der Waals surface area contributed by atoms with Gasteiger partial charge in [0.05, 0.1) is 22.3 Å². The van der Waals surface area contributed by atoms with Gasteiger partial charge in [0.15, 0.2) is 69.0 Å². The molecule has 7 rings (SSSR count). The molecule has 0 radical (unpaired) electrons. The zero-order valence-electron chi connectivity index (χ0n) is 30.5. The van der Waals surface area contributed by atoms with E-state index < -0.39 is 137 Å². The molecule has 0 atom stereocenters. The van der Waals surface area contributed by atoms with Crippen LogP contribution < -0.4 is 4.90 Å². The highest BCUT2D eigenvalue weighted by Crippen LogP contribution is 2.67. The van der Waals surface area contributed by atoms with Gasteiger partial charge < -0.3 is 91.9 Å². The van der Waals surface area contributed by atoms with E-state index in [0.717, 1.165) is 11.1 Å². The lowest BCUT2D eigenvalue weighted by molar-refractivity contribution is 0.329. The maximum Gasteiger partial charge on any atom is 0.208 e. The molecule has 0 aliphatic carbocycles. The Kier molecular flexibility index (Phi) is 9.36. The molecule has 0 saturated heterocycles. The first-order valence-electron chi connectivity index (χ1n) is 17.2. The van der Waals surface area contributed by atoms with Gasteiger partial charge in [-0.3, -0.25) is 4.90 Å². The van der Waals surface area contributed by atoms with Crippen molar-refractivity contribution in [1.82, 2.24) is 0 Å². The van der Waals surface area contributed by atoms with Crippen molar-refractivity contribution in [1.29, 1.82) is 0 Å². The monoisotopic (exact) mass is 837 g/mol. The van der Waals surface area contributed by atoms with Gasteiger partial charge in [0.25, 0.3) is 0 Å². The van der Waals surface area contributed by atoms with Crippen molar-refractivity contribution < 1.29 is 91.9 Å². The molecule has 0 spiro atoms. The van der Waals surface area contributed by atoms with Crippen molar-refractivity contribution in [2.75, 3.05) is 4.90 Å². The number of phenolic OH excluding ortho intramolecular Hbond substituents is 18. The largest absolute Gasteiger partial charge is 0.504 e. The highest BCUT2D eigenvalue weighted by atomic mass is 16.4.